The fourth-order valence-electron chi connectivity index (χ4n) is 3.40. The third-order valence-corrected chi connectivity index (χ3v) is 5.18. The predicted octanol–water partition coefficient (Wildman–Crippen LogP) is 2.29. The van der Waals surface area contributed by atoms with E-state index in [4.69, 9.17) is 9.47 Å². The Morgan fingerprint density at radius 2 is 1.87 bits per heavy atom. The fourth-order valence-corrected chi connectivity index (χ4v) is 3.40. The molecule has 0 radical (unpaired) electrons. The highest BCUT2D eigenvalue weighted by molar-refractivity contribution is 5.91. The highest BCUT2D eigenvalue weighted by Crippen LogP contribution is 2.22. The molecule has 0 aromatic carbocycles. The third kappa shape index (κ3) is 4.02. The monoisotopic (exact) mass is 408 g/mol. The van der Waals surface area contributed by atoms with Crippen molar-refractivity contribution in [1.29, 1.82) is 0 Å². The number of piperidine rings is 1. The Labute approximate surface area is 174 Å². The van der Waals surface area contributed by atoms with E-state index in [2.05, 4.69) is 20.1 Å². The van der Waals surface area contributed by atoms with Gasteiger partial charge in [0.05, 0.1) is 25.1 Å². The van der Waals surface area contributed by atoms with Crippen LogP contribution in [0.15, 0.2) is 36.7 Å². The molecular weight excluding hydrogens is 384 g/mol. The van der Waals surface area contributed by atoms with Crippen LogP contribution in [0.4, 0.5) is 0 Å². The van der Waals surface area contributed by atoms with Gasteiger partial charge >= 0.3 is 0 Å². The predicted molar refractivity (Wildman–Crippen MR) is 110 cm³/mol. The number of hydrogen-bond acceptors (Lipinski definition) is 7. The molecule has 0 atom stereocenters. The van der Waals surface area contributed by atoms with Crippen molar-refractivity contribution in [2.45, 2.75) is 25.9 Å². The Hall–Kier alpha value is -3.33. The number of aromatic nitrogens is 5. The first-order valence-electron chi connectivity index (χ1n) is 9.81. The maximum Gasteiger partial charge on any atom is 0.293 e. The van der Waals surface area contributed by atoms with Crippen LogP contribution in [0.5, 0.6) is 5.88 Å². The summed E-state index contributed by atoms with van der Waals surface area (Å²) in [5.74, 6) is 0.917. The smallest absolute Gasteiger partial charge is 0.293 e. The normalized spacial score (nSPS) is 14.7. The molecule has 4 heterocycles. The minimum absolute atomic E-state index is 0.138. The second kappa shape index (κ2) is 8.58. The average molecular weight is 408 g/mol. The summed E-state index contributed by atoms with van der Waals surface area (Å²) in [6.45, 7) is 3.20. The van der Waals surface area contributed by atoms with Gasteiger partial charge in [0.1, 0.15) is 5.69 Å². The van der Waals surface area contributed by atoms with Crippen molar-refractivity contribution < 1.29 is 14.3 Å². The van der Waals surface area contributed by atoms with Crippen LogP contribution in [0.25, 0.3) is 17.2 Å². The van der Waals surface area contributed by atoms with Crippen molar-refractivity contribution in [2.24, 2.45) is 0 Å². The van der Waals surface area contributed by atoms with E-state index < -0.39 is 0 Å². The van der Waals surface area contributed by atoms with Crippen LogP contribution in [0.2, 0.25) is 0 Å². The molecule has 156 valence electrons. The summed E-state index contributed by atoms with van der Waals surface area (Å²) in [5, 5.41) is 4.51. The SMILES string of the molecule is COc1ccc(-n2nc(C(=O)N3CCC(OC)CC3)nc2-c2ccc(C)cn2)cn1. The van der Waals surface area contributed by atoms with E-state index in [9.17, 15) is 4.79 Å². The van der Waals surface area contributed by atoms with Gasteiger partial charge in [0.25, 0.3) is 5.91 Å². The molecule has 1 aliphatic rings. The van der Waals surface area contributed by atoms with E-state index in [0.29, 0.717) is 36.2 Å². The lowest BCUT2D eigenvalue weighted by atomic mass is 10.1. The van der Waals surface area contributed by atoms with Crippen molar-refractivity contribution in [2.75, 3.05) is 27.3 Å². The molecular formula is C21H24N6O3. The number of pyridine rings is 2. The van der Waals surface area contributed by atoms with Crippen LogP contribution in [0, 0.1) is 6.92 Å². The Balaban J connectivity index is 1.70. The molecule has 3 aromatic heterocycles. The Bertz CT molecular complexity index is 1010. The lowest BCUT2D eigenvalue weighted by Crippen LogP contribution is -2.41. The van der Waals surface area contributed by atoms with Crippen LogP contribution in [-0.4, -0.2) is 69.0 Å². The highest BCUT2D eigenvalue weighted by Gasteiger charge is 2.27. The molecule has 0 spiro atoms. The van der Waals surface area contributed by atoms with E-state index in [1.807, 2.05) is 25.1 Å². The Morgan fingerprint density at radius 1 is 1.07 bits per heavy atom. The molecule has 3 aromatic rings. The van der Waals surface area contributed by atoms with E-state index >= 15 is 0 Å². The van der Waals surface area contributed by atoms with Gasteiger partial charge in [-0.1, -0.05) is 6.07 Å². The first-order valence-corrected chi connectivity index (χ1v) is 9.81. The largest absolute Gasteiger partial charge is 0.481 e. The van der Waals surface area contributed by atoms with Crippen LogP contribution >= 0.6 is 0 Å². The van der Waals surface area contributed by atoms with Gasteiger partial charge in [0.2, 0.25) is 11.7 Å². The lowest BCUT2D eigenvalue weighted by molar-refractivity contribution is 0.0344. The average Bonchev–Trinajstić information content (AvgIpc) is 3.24. The molecule has 0 unspecified atom stereocenters. The zero-order valence-corrected chi connectivity index (χ0v) is 17.3. The van der Waals surface area contributed by atoms with Crippen molar-refractivity contribution in [3.8, 4) is 23.1 Å². The summed E-state index contributed by atoms with van der Waals surface area (Å²) in [6.07, 6.45) is 5.19. The summed E-state index contributed by atoms with van der Waals surface area (Å²) in [6, 6.07) is 7.37. The number of amides is 1. The number of ether oxygens (including phenoxy) is 2. The Kier molecular flexibility index (Phi) is 5.71. The summed E-state index contributed by atoms with van der Waals surface area (Å²) < 4.78 is 12.1. The molecule has 1 fully saturated rings. The van der Waals surface area contributed by atoms with Gasteiger partial charge in [-0.25, -0.2) is 14.6 Å². The summed E-state index contributed by atoms with van der Waals surface area (Å²) in [4.78, 5) is 28.1. The number of carbonyl (C=O) groups excluding carboxylic acids is 1. The van der Waals surface area contributed by atoms with Crippen LogP contribution in [0.3, 0.4) is 0 Å². The molecule has 9 heteroatoms. The van der Waals surface area contributed by atoms with Crippen LogP contribution < -0.4 is 4.74 Å². The molecule has 0 aliphatic carbocycles. The number of likely N-dealkylation sites (tertiary alicyclic amines) is 1. The minimum Gasteiger partial charge on any atom is -0.481 e. The van der Waals surface area contributed by atoms with Gasteiger partial charge in [-0.3, -0.25) is 9.78 Å². The quantitative estimate of drug-likeness (QED) is 0.639. The van der Waals surface area contributed by atoms with Crippen molar-refractivity contribution >= 4 is 5.91 Å². The molecule has 0 bridgehead atoms. The Morgan fingerprint density at radius 3 is 2.47 bits per heavy atom. The van der Waals surface area contributed by atoms with Gasteiger partial charge < -0.3 is 14.4 Å². The standard InChI is InChI=1S/C21H24N6O3/c1-14-4-6-17(22-12-14)20-24-19(21(28)26-10-8-16(29-2)9-11-26)25-27(20)15-5-7-18(30-3)23-13-15/h4-7,12-13,16H,8-11H2,1-3H3. The van der Waals surface area contributed by atoms with E-state index in [0.717, 1.165) is 18.4 Å². The highest BCUT2D eigenvalue weighted by atomic mass is 16.5. The molecule has 9 nitrogen and oxygen atoms in total. The molecule has 1 aliphatic heterocycles. The molecule has 30 heavy (non-hydrogen) atoms. The number of methoxy groups -OCH3 is 2. The van der Waals surface area contributed by atoms with Gasteiger partial charge in [-0.15, -0.1) is 5.10 Å². The van der Waals surface area contributed by atoms with Crippen molar-refractivity contribution in [3.05, 3.63) is 48.0 Å². The second-order valence-electron chi connectivity index (χ2n) is 7.18. The van der Waals surface area contributed by atoms with Crippen LogP contribution in [-0.2, 0) is 4.74 Å². The maximum atomic E-state index is 13.1. The van der Waals surface area contributed by atoms with Gasteiger partial charge in [0, 0.05) is 32.5 Å². The van der Waals surface area contributed by atoms with Gasteiger partial charge in [0.15, 0.2) is 5.82 Å². The summed E-state index contributed by atoms with van der Waals surface area (Å²) >= 11 is 0. The molecule has 1 saturated heterocycles. The van der Waals surface area contributed by atoms with Gasteiger partial charge in [-0.2, -0.15) is 0 Å². The third-order valence-electron chi connectivity index (χ3n) is 5.18. The first kappa shape index (κ1) is 20.0. The van der Waals surface area contributed by atoms with E-state index in [1.54, 1.807) is 42.3 Å². The molecule has 1 amide bonds. The van der Waals surface area contributed by atoms with Crippen molar-refractivity contribution in [3.63, 3.8) is 0 Å². The van der Waals surface area contributed by atoms with Crippen LogP contribution in [0.1, 0.15) is 29.0 Å². The van der Waals surface area contributed by atoms with E-state index in [-0.39, 0.29) is 17.8 Å². The topological polar surface area (TPSA) is 95.3 Å². The van der Waals surface area contributed by atoms with Gasteiger partial charge in [-0.05, 0) is 37.5 Å². The number of rotatable bonds is 5. The summed E-state index contributed by atoms with van der Waals surface area (Å²) in [7, 11) is 3.26. The fraction of sp³-hybridized carbons (Fsp3) is 0.381. The molecule has 4 rings (SSSR count). The van der Waals surface area contributed by atoms with E-state index in [1.165, 1.54) is 0 Å². The zero-order chi connectivity index (χ0) is 21.1. The molecule has 0 N–H and O–H groups in total. The minimum atomic E-state index is -0.196. The number of hydrogen-bond donors (Lipinski definition) is 0. The molecule has 0 saturated carbocycles. The number of carbonyl (C=O) groups is 1. The maximum absolute atomic E-state index is 13.1. The summed E-state index contributed by atoms with van der Waals surface area (Å²) in [5.41, 5.74) is 2.33. The number of nitrogens with zero attached hydrogens (tertiary/aromatic N) is 6. The second-order valence-corrected chi connectivity index (χ2v) is 7.18. The van der Waals surface area contributed by atoms with Crippen molar-refractivity contribution in [1.82, 2.24) is 29.6 Å². The lowest BCUT2D eigenvalue weighted by Gasteiger charge is -2.30. The number of aryl methyl sites for hydroxylation is 1. The first-order chi connectivity index (χ1) is 14.6. The zero-order valence-electron chi connectivity index (χ0n) is 17.3.